The summed E-state index contributed by atoms with van der Waals surface area (Å²) in [5.74, 6) is 0. The van der Waals surface area contributed by atoms with E-state index >= 15 is 0 Å². The van der Waals surface area contributed by atoms with Crippen molar-refractivity contribution in [1.82, 2.24) is 0 Å². The quantitative estimate of drug-likeness (QED) is 0.351. The van der Waals surface area contributed by atoms with Crippen molar-refractivity contribution < 1.29 is 4.92 Å². The van der Waals surface area contributed by atoms with E-state index in [0.29, 0.717) is 6.42 Å². The Balaban J connectivity index is 3.64. The van der Waals surface area contributed by atoms with Crippen LogP contribution in [0, 0.1) is 10.1 Å². The van der Waals surface area contributed by atoms with E-state index in [9.17, 15) is 10.1 Å². The third-order valence-electron chi connectivity index (χ3n) is 1.89. The van der Waals surface area contributed by atoms with Gasteiger partial charge in [0.1, 0.15) is 0 Å². The van der Waals surface area contributed by atoms with Crippen molar-refractivity contribution in [3.05, 3.63) is 10.1 Å². The van der Waals surface area contributed by atoms with Crippen LogP contribution in [0.25, 0.3) is 0 Å². The van der Waals surface area contributed by atoms with E-state index in [-0.39, 0.29) is 4.92 Å². The molecule has 0 saturated carbocycles. The van der Waals surface area contributed by atoms with Gasteiger partial charge in [-0.1, -0.05) is 19.8 Å². The van der Waals surface area contributed by atoms with Crippen LogP contribution in [0.2, 0.25) is 0 Å². The Labute approximate surface area is 67.9 Å². The molecule has 0 spiro atoms. The van der Waals surface area contributed by atoms with E-state index in [1.54, 1.807) is 13.8 Å². The van der Waals surface area contributed by atoms with E-state index in [4.69, 9.17) is 0 Å². The van der Waals surface area contributed by atoms with Crippen molar-refractivity contribution in [1.29, 1.82) is 0 Å². The minimum atomic E-state index is -0.727. The fraction of sp³-hybridized carbons (Fsp3) is 1.00. The summed E-state index contributed by atoms with van der Waals surface area (Å²) in [6, 6.07) is 0. The maximum Gasteiger partial charge on any atom is 0.216 e. The van der Waals surface area contributed by atoms with E-state index in [1.165, 1.54) is 0 Å². The average molecular weight is 159 g/mol. The molecule has 11 heavy (non-hydrogen) atoms. The molecule has 0 amide bonds. The highest BCUT2D eigenvalue weighted by Crippen LogP contribution is 2.16. The SMILES string of the molecule is CCCCCC(C)(C)[N+](=O)[O-]. The first-order chi connectivity index (χ1) is 5.00. The summed E-state index contributed by atoms with van der Waals surface area (Å²) in [5, 5.41) is 10.4. The van der Waals surface area contributed by atoms with Crippen LogP contribution < -0.4 is 0 Å². The second-order valence-corrected chi connectivity index (χ2v) is 3.53. The largest absolute Gasteiger partial charge is 0.264 e. The number of nitrogens with zero attached hydrogens (tertiary/aromatic N) is 1. The molecule has 0 aromatic rings. The molecule has 3 nitrogen and oxygen atoms in total. The number of hydrogen-bond donors (Lipinski definition) is 0. The summed E-state index contributed by atoms with van der Waals surface area (Å²) in [4.78, 5) is 10.2. The topological polar surface area (TPSA) is 43.1 Å². The zero-order chi connectivity index (χ0) is 8.91. The van der Waals surface area contributed by atoms with Gasteiger partial charge in [-0.25, -0.2) is 0 Å². The lowest BCUT2D eigenvalue weighted by atomic mass is 9.98. The van der Waals surface area contributed by atoms with Crippen LogP contribution in [-0.2, 0) is 0 Å². The van der Waals surface area contributed by atoms with Crippen LogP contribution in [0.3, 0.4) is 0 Å². The third-order valence-corrected chi connectivity index (χ3v) is 1.89. The molecule has 0 rings (SSSR count). The van der Waals surface area contributed by atoms with E-state index in [2.05, 4.69) is 6.92 Å². The lowest BCUT2D eigenvalue weighted by Crippen LogP contribution is -2.30. The number of hydrogen-bond acceptors (Lipinski definition) is 2. The van der Waals surface area contributed by atoms with Gasteiger partial charge in [0.05, 0.1) is 0 Å². The molecule has 0 unspecified atom stereocenters. The number of nitro groups is 1. The third kappa shape index (κ3) is 3.96. The van der Waals surface area contributed by atoms with E-state index in [1.807, 2.05) is 0 Å². The summed E-state index contributed by atoms with van der Waals surface area (Å²) < 4.78 is 0. The van der Waals surface area contributed by atoms with Crippen LogP contribution >= 0.6 is 0 Å². The van der Waals surface area contributed by atoms with Gasteiger partial charge in [-0.15, -0.1) is 0 Å². The molecule has 0 aliphatic heterocycles. The lowest BCUT2D eigenvalue weighted by Gasteiger charge is -2.14. The summed E-state index contributed by atoms with van der Waals surface area (Å²) in [6.07, 6.45) is 3.86. The van der Waals surface area contributed by atoms with Crippen molar-refractivity contribution >= 4 is 0 Å². The summed E-state index contributed by atoms with van der Waals surface area (Å²) >= 11 is 0. The van der Waals surface area contributed by atoms with E-state index in [0.717, 1.165) is 19.3 Å². The van der Waals surface area contributed by atoms with Gasteiger partial charge in [0.15, 0.2) is 0 Å². The van der Waals surface area contributed by atoms with Crippen molar-refractivity contribution in [3.63, 3.8) is 0 Å². The molecule has 0 aromatic carbocycles. The molecular weight excluding hydrogens is 142 g/mol. The highest BCUT2D eigenvalue weighted by atomic mass is 16.6. The standard InChI is InChI=1S/C8H17NO2/c1-4-5-6-7-8(2,3)9(10)11/h4-7H2,1-3H3. The smallest absolute Gasteiger partial charge is 0.216 e. The van der Waals surface area contributed by atoms with Crippen LogP contribution in [-0.4, -0.2) is 10.5 Å². The van der Waals surface area contributed by atoms with Gasteiger partial charge in [0.25, 0.3) is 0 Å². The minimum Gasteiger partial charge on any atom is -0.264 e. The van der Waals surface area contributed by atoms with Crippen molar-refractivity contribution in [2.75, 3.05) is 0 Å². The highest BCUT2D eigenvalue weighted by Gasteiger charge is 2.29. The van der Waals surface area contributed by atoms with Gasteiger partial charge in [-0.3, -0.25) is 10.1 Å². The van der Waals surface area contributed by atoms with Crippen molar-refractivity contribution in [2.24, 2.45) is 0 Å². The van der Waals surface area contributed by atoms with Crippen LogP contribution in [0.5, 0.6) is 0 Å². The highest BCUT2D eigenvalue weighted by molar-refractivity contribution is 4.65. The van der Waals surface area contributed by atoms with Gasteiger partial charge in [-0.05, 0) is 6.42 Å². The Morgan fingerprint density at radius 1 is 1.36 bits per heavy atom. The zero-order valence-electron chi connectivity index (χ0n) is 7.59. The molecule has 0 heterocycles. The summed E-state index contributed by atoms with van der Waals surface area (Å²) in [6.45, 7) is 5.46. The van der Waals surface area contributed by atoms with Gasteiger partial charge in [0, 0.05) is 25.2 Å². The fourth-order valence-corrected chi connectivity index (χ4v) is 0.899. The monoisotopic (exact) mass is 159 g/mol. The second-order valence-electron chi connectivity index (χ2n) is 3.53. The Kier molecular flexibility index (Phi) is 4.08. The van der Waals surface area contributed by atoms with Gasteiger partial charge < -0.3 is 0 Å². The van der Waals surface area contributed by atoms with Crippen LogP contribution in [0.1, 0.15) is 46.5 Å². The minimum absolute atomic E-state index is 0.192. The Morgan fingerprint density at radius 2 is 1.91 bits per heavy atom. The molecular formula is C8H17NO2. The maximum absolute atomic E-state index is 10.4. The molecule has 0 fully saturated rings. The average Bonchev–Trinajstić information content (AvgIpc) is 1.88. The lowest BCUT2D eigenvalue weighted by molar-refractivity contribution is -0.561. The number of unbranched alkanes of at least 4 members (excludes halogenated alkanes) is 2. The van der Waals surface area contributed by atoms with Crippen LogP contribution in [0.4, 0.5) is 0 Å². The first-order valence-corrected chi connectivity index (χ1v) is 4.15. The van der Waals surface area contributed by atoms with Gasteiger partial charge in [0.2, 0.25) is 5.54 Å². The number of rotatable bonds is 5. The Morgan fingerprint density at radius 3 is 2.27 bits per heavy atom. The molecule has 0 aromatic heterocycles. The first kappa shape index (κ1) is 10.4. The Hall–Kier alpha value is -0.600. The predicted octanol–water partition coefficient (Wildman–Crippen LogP) is 2.62. The molecule has 0 aliphatic rings. The van der Waals surface area contributed by atoms with Gasteiger partial charge >= 0.3 is 0 Å². The molecule has 66 valence electrons. The van der Waals surface area contributed by atoms with Crippen LogP contribution in [0.15, 0.2) is 0 Å². The molecule has 3 heteroatoms. The van der Waals surface area contributed by atoms with Crippen molar-refractivity contribution in [3.8, 4) is 0 Å². The normalized spacial score (nSPS) is 11.5. The fourth-order valence-electron chi connectivity index (χ4n) is 0.899. The van der Waals surface area contributed by atoms with E-state index < -0.39 is 5.54 Å². The Bertz CT molecular complexity index is 132. The molecule has 0 saturated heterocycles. The molecule has 0 atom stereocenters. The summed E-state index contributed by atoms with van der Waals surface area (Å²) in [5.41, 5.74) is -0.727. The zero-order valence-corrected chi connectivity index (χ0v) is 7.59. The predicted molar refractivity (Wildman–Crippen MR) is 45.2 cm³/mol. The summed E-state index contributed by atoms with van der Waals surface area (Å²) in [7, 11) is 0. The van der Waals surface area contributed by atoms with Crippen molar-refractivity contribution in [2.45, 2.75) is 52.0 Å². The molecule has 0 bridgehead atoms. The second kappa shape index (κ2) is 4.31. The molecule has 0 radical (unpaired) electrons. The first-order valence-electron chi connectivity index (χ1n) is 4.15. The van der Waals surface area contributed by atoms with Gasteiger partial charge in [-0.2, -0.15) is 0 Å². The molecule has 0 aliphatic carbocycles. The maximum atomic E-state index is 10.4. The molecule has 0 N–H and O–H groups in total.